The number of anilines is 2. The van der Waals surface area contributed by atoms with Crippen LogP contribution < -0.4 is 14.8 Å². The molecule has 9 heteroatoms. The summed E-state index contributed by atoms with van der Waals surface area (Å²) in [4.78, 5) is 24.8. The number of hydrogen-bond donors (Lipinski definition) is 2. The molecule has 0 radical (unpaired) electrons. The van der Waals surface area contributed by atoms with Crippen LogP contribution in [-0.2, 0) is 19.6 Å². The minimum atomic E-state index is -3.97. The van der Waals surface area contributed by atoms with E-state index in [0.717, 1.165) is 11.1 Å². The molecule has 0 aromatic heterocycles. The van der Waals surface area contributed by atoms with E-state index in [1.807, 2.05) is 26.0 Å². The molecular weight excluding hydrogens is 444 g/mol. The number of esters is 1. The molecule has 1 amide bonds. The molecule has 3 rings (SSSR count). The van der Waals surface area contributed by atoms with Crippen LogP contribution >= 0.6 is 0 Å². The number of rotatable bonds is 8. The molecule has 0 unspecified atom stereocenters. The van der Waals surface area contributed by atoms with Crippen molar-refractivity contribution in [3.63, 3.8) is 0 Å². The van der Waals surface area contributed by atoms with Crippen LogP contribution in [0.5, 0.6) is 5.75 Å². The van der Waals surface area contributed by atoms with Gasteiger partial charge in [0.25, 0.3) is 15.9 Å². The van der Waals surface area contributed by atoms with E-state index in [1.165, 1.54) is 43.5 Å². The lowest BCUT2D eigenvalue weighted by molar-refractivity contribution is -0.119. The van der Waals surface area contributed by atoms with E-state index in [9.17, 15) is 18.0 Å². The van der Waals surface area contributed by atoms with E-state index in [-0.39, 0.29) is 16.1 Å². The van der Waals surface area contributed by atoms with Crippen LogP contribution in [0.1, 0.15) is 21.5 Å². The zero-order valence-corrected chi connectivity index (χ0v) is 19.2. The van der Waals surface area contributed by atoms with Gasteiger partial charge in [0, 0.05) is 5.69 Å². The topological polar surface area (TPSA) is 111 Å². The molecule has 0 fully saturated rings. The molecule has 0 atom stereocenters. The molecule has 0 spiro atoms. The number of carbonyl (C=O) groups is 2. The molecule has 0 aliphatic heterocycles. The van der Waals surface area contributed by atoms with Crippen molar-refractivity contribution in [3.8, 4) is 5.75 Å². The monoisotopic (exact) mass is 468 g/mol. The van der Waals surface area contributed by atoms with Crippen LogP contribution in [0.15, 0.2) is 71.6 Å². The predicted molar refractivity (Wildman–Crippen MR) is 125 cm³/mol. The highest BCUT2D eigenvalue weighted by molar-refractivity contribution is 7.92. The van der Waals surface area contributed by atoms with Crippen molar-refractivity contribution in [3.05, 3.63) is 83.4 Å². The molecule has 0 saturated carbocycles. The van der Waals surface area contributed by atoms with E-state index >= 15 is 0 Å². The lowest BCUT2D eigenvalue weighted by Crippen LogP contribution is -2.22. The Morgan fingerprint density at radius 1 is 0.879 bits per heavy atom. The van der Waals surface area contributed by atoms with Gasteiger partial charge in [-0.1, -0.05) is 24.3 Å². The number of carbonyl (C=O) groups excluding carboxylic acids is 2. The van der Waals surface area contributed by atoms with Crippen LogP contribution in [0, 0.1) is 13.8 Å². The summed E-state index contributed by atoms with van der Waals surface area (Å²) in [5.41, 5.74) is 2.57. The molecule has 0 saturated heterocycles. The van der Waals surface area contributed by atoms with Gasteiger partial charge in [-0.25, -0.2) is 13.2 Å². The van der Waals surface area contributed by atoms with Crippen LogP contribution in [0.4, 0.5) is 11.4 Å². The summed E-state index contributed by atoms with van der Waals surface area (Å²) in [5.74, 6) is -0.829. The normalized spacial score (nSPS) is 10.9. The summed E-state index contributed by atoms with van der Waals surface area (Å²) in [6, 6.07) is 17.3. The Morgan fingerprint density at radius 3 is 2.24 bits per heavy atom. The third-order valence-corrected chi connectivity index (χ3v) is 6.36. The molecule has 3 aromatic carbocycles. The number of ether oxygens (including phenoxy) is 2. The maximum atomic E-state index is 12.7. The van der Waals surface area contributed by atoms with Crippen molar-refractivity contribution < 1.29 is 27.5 Å². The van der Waals surface area contributed by atoms with Gasteiger partial charge in [-0.05, 0) is 67.4 Å². The fourth-order valence-electron chi connectivity index (χ4n) is 2.99. The molecule has 0 aliphatic rings. The minimum Gasteiger partial charge on any atom is -0.497 e. The minimum absolute atomic E-state index is 0.000581. The van der Waals surface area contributed by atoms with Gasteiger partial charge >= 0.3 is 5.97 Å². The molecular formula is C24H24N2O6S. The fourth-order valence-corrected chi connectivity index (χ4v) is 4.07. The van der Waals surface area contributed by atoms with E-state index in [4.69, 9.17) is 9.47 Å². The van der Waals surface area contributed by atoms with Crippen molar-refractivity contribution in [1.82, 2.24) is 0 Å². The first-order chi connectivity index (χ1) is 15.7. The second-order valence-corrected chi connectivity index (χ2v) is 8.88. The summed E-state index contributed by atoms with van der Waals surface area (Å²) in [7, 11) is -2.49. The number of sulfonamides is 1. The van der Waals surface area contributed by atoms with Crippen molar-refractivity contribution in [2.75, 3.05) is 23.8 Å². The third kappa shape index (κ3) is 5.89. The summed E-state index contributed by atoms with van der Waals surface area (Å²) in [6.45, 7) is 3.28. The number of benzene rings is 3. The second kappa shape index (κ2) is 10.2. The molecule has 8 nitrogen and oxygen atoms in total. The fraction of sp³-hybridized carbons (Fsp3) is 0.167. The van der Waals surface area contributed by atoms with Crippen LogP contribution in [0.25, 0.3) is 0 Å². The van der Waals surface area contributed by atoms with E-state index < -0.39 is 28.5 Å². The predicted octanol–water partition coefficient (Wildman–Crippen LogP) is 3.91. The highest BCUT2D eigenvalue weighted by Gasteiger charge is 2.20. The number of aryl methyl sites for hydroxylation is 1. The molecule has 2 N–H and O–H groups in total. The van der Waals surface area contributed by atoms with Crippen LogP contribution in [-0.4, -0.2) is 34.0 Å². The van der Waals surface area contributed by atoms with Gasteiger partial charge in [0.05, 0.1) is 23.3 Å². The van der Waals surface area contributed by atoms with E-state index in [0.29, 0.717) is 11.4 Å². The summed E-state index contributed by atoms with van der Waals surface area (Å²) in [5, 5.41) is 2.70. The Balaban J connectivity index is 1.69. The number of methoxy groups -OCH3 is 1. The number of hydrogen-bond acceptors (Lipinski definition) is 6. The third-order valence-electron chi connectivity index (χ3n) is 4.97. The number of para-hydroxylation sites is 1. The number of amides is 1. The lowest BCUT2D eigenvalue weighted by Gasteiger charge is -2.13. The highest BCUT2D eigenvalue weighted by Crippen LogP contribution is 2.23. The average Bonchev–Trinajstić information content (AvgIpc) is 2.80. The van der Waals surface area contributed by atoms with Crippen molar-refractivity contribution in [2.45, 2.75) is 18.7 Å². The van der Waals surface area contributed by atoms with Crippen molar-refractivity contribution in [1.29, 1.82) is 0 Å². The van der Waals surface area contributed by atoms with Crippen molar-refractivity contribution >= 4 is 33.3 Å². The van der Waals surface area contributed by atoms with Crippen LogP contribution in [0.2, 0.25) is 0 Å². The first kappa shape index (κ1) is 23.8. The molecule has 0 bridgehead atoms. The Morgan fingerprint density at radius 2 is 1.55 bits per heavy atom. The average molecular weight is 469 g/mol. The zero-order chi connectivity index (χ0) is 24.0. The Kier molecular flexibility index (Phi) is 7.34. The first-order valence-corrected chi connectivity index (χ1v) is 11.5. The smallest absolute Gasteiger partial charge is 0.340 e. The van der Waals surface area contributed by atoms with Crippen LogP contribution in [0.3, 0.4) is 0 Å². The van der Waals surface area contributed by atoms with Gasteiger partial charge in [-0.3, -0.25) is 9.52 Å². The summed E-state index contributed by atoms with van der Waals surface area (Å²) >= 11 is 0. The Labute approximate surface area is 192 Å². The van der Waals surface area contributed by atoms with Gasteiger partial charge in [0.2, 0.25) is 0 Å². The SMILES string of the molecule is COc1ccc(S(=O)(=O)Nc2ccccc2C(=O)OCC(=O)Nc2cccc(C)c2C)cc1. The van der Waals surface area contributed by atoms with Gasteiger partial charge in [0.1, 0.15) is 5.75 Å². The van der Waals surface area contributed by atoms with E-state index in [1.54, 1.807) is 18.2 Å². The summed E-state index contributed by atoms with van der Waals surface area (Å²) in [6.07, 6.45) is 0. The molecule has 0 aliphatic carbocycles. The van der Waals surface area contributed by atoms with Gasteiger partial charge < -0.3 is 14.8 Å². The maximum Gasteiger partial charge on any atom is 0.340 e. The van der Waals surface area contributed by atoms with E-state index in [2.05, 4.69) is 10.0 Å². The maximum absolute atomic E-state index is 12.7. The standard InChI is InChI=1S/C24H24N2O6S/c1-16-7-6-10-21(17(16)2)25-23(27)15-32-24(28)20-8-4-5-9-22(20)26-33(29,30)19-13-11-18(31-3)12-14-19/h4-14,26H,15H2,1-3H3,(H,25,27). The zero-order valence-electron chi connectivity index (χ0n) is 18.4. The van der Waals surface area contributed by atoms with Gasteiger partial charge in [-0.15, -0.1) is 0 Å². The molecule has 0 heterocycles. The quantitative estimate of drug-likeness (QED) is 0.485. The lowest BCUT2D eigenvalue weighted by atomic mass is 10.1. The highest BCUT2D eigenvalue weighted by atomic mass is 32.2. The molecule has 33 heavy (non-hydrogen) atoms. The van der Waals surface area contributed by atoms with Crippen molar-refractivity contribution in [2.24, 2.45) is 0 Å². The second-order valence-electron chi connectivity index (χ2n) is 7.20. The molecule has 172 valence electrons. The van der Waals surface area contributed by atoms with Gasteiger partial charge in [0.15, 0.2) is 6.61 Å². The largest absolute Gasteiger partial charge is 0.497 e. The molecule has 3 aromatic rings. The van der Waals surface area contributed by atoms with Gasteiger partial charge in [-0.2, -0.15) is 0 Å². The first-order valence-electron chi connectivity index (χ1n) is 10.0. The Hall–Kier alpha value is -3.85. The Bertz CT molecular complexity index is 1270. The number of nitrogens with one attached hydrogen (secondary N) is 2. The summed E-state index contributed by atoms with van der Waals surface area (Å²) < 4.78 is 38.0.